The molecule has 0 amide bonds. The Balaban J connectivity index is 1.75. The Morgan fingerprint density at radius 2 is 1.81 bits per heavy atom. The van der Waals surface area contributed by atoms with Crippen LogP contribution in [0.3, 0.4) is 0 Å². The smallest absolute Gasteiger partial charge is 0.118 e. The summed E-state index contributed by atoms with van der Waals surface area (Å²) in [5.41, 5.74) is 1.86. The van der Waals surface area contributed by atoms with E-state index in [4.69, 9.17) is 4.74 Å². The fraction of sp³-hybridized carbons (Fsp3) is 0.684. The van der Waals surface area contributed by atoms with Gasteiger partial charge in [-0.2, -0.15) is 0 Å². The second kappa shape index (κ2) is 6.00. The third kappa shape index (κ3) is 3.42. The number of rotatable bonds is 5. The maximum Gasteiger partial charge on any atom is 0.118 e. The van der Waals surface area contributed by atoms with E-state index in [9.17, 15) is 0 Å². The summed E-state index contributed by atoms with van der Waals surface area (Å²) in [6.45, 7) is 4.86. The normalized spacial score (nSPS) is 26.3. The van der Waals surface area contributed by atoms with Gasteiger partial charge in [-0.3, -0.25) is 0 Å². The number of methoxy groups -OCH3 is 1. The maximum atomic E-state index is 5.29. The molecule has 116 valence electrons. The fourth-order valence-corrected chi connectivity index (χ4v) is 3.76. The van der Waals surface area contributed by atoms with Crippen LogP contribution in [0.4, 0.5) is 0 Å². The Morgan fingerprint density at radius 1 is 1.10 bits per heavy atom. The lowest BCUT2D eigenvalue weighted by molar-refractivity contribution is 0.151. The molecule has 0 heterocycles. The molecule has 1 N–H and O–H groups in total. The zero-order chi connectivity index (χ0) is 14.9. The summed E-state index contributed by atoms with van der Waals surface area (Å²) in [5, 5.41) is 4.02. The quantitative estimate of drug-likeness (QED) is 0.847. The van der Waals surface area contributed by atoms with Gasteiger partial charge in [0.05, 0.1) is 7.11 Å². The van der Waals surface area contributed by atoms with Gasteiger partial charge in [0.2, 0.25) is 0 Å². The second-order valence-corrected chi connectivity index (χ2v) is 7.54. The van der Waals surface area contributed by atoms with E-state index in [1.807, 2.05) is 0 Å². The molecule has 2 heteroatoms. The number of ether oxygens (including phenoxy) is 1. The molecule has 21 heavy (non-hydrogen) atoms. The third-order valence-electron chi connectivity index (χ3n) is 5.46. The van der Waals surface area contributed by atoms with Gasteiger partial charge < -0.3 is 10.1 Å². The van der Waals surface area contributed by atoms with Crippen molar-refractivity contribution >= 4 is 0 Å². The third-order valence-corrected chi connectivity index (χ3v) is 5.46. The largest absolute Gasteiger partial charge is 0.497 e. The van der Waals surface area contributed by atoms with Crippen LogP contribution in [-0.4, -0.2) is 13.2 Å². The standard InChI is InChI=1S/C19H29NO/c1-19(2)13-5-4-6-17(19)20-18(14-7-8-14)15-9-11-16(21-3)12-10-15/h9-12,14,17-18,20H,4-8,13H2,1-3H3. The van der Waals surface area contributed by atoms with Crippen LogP contribution in [0, 0.1) is 11.3 Å². The molecule has 2 aliphatic carbocycles. The first-order valence-electron chi connectivity index (χ1n) is 8.50. The Morgan fingerprint density at radius 3 is 2.38 bits per heavy atom. The van der Waals surface area contributed by atoms with Gasteiger partial charge in [-0.25, -0.2) is 0 Å². The second-order valence-electron chi connectivity index (χ2n) is 7.54. The van der Waals surface area contributed by atoms with Crippen molar-refractivity contribution in [2.45, 2.75) is 64.5 Å². The lowest BCUT2D eigenvalue weighted by Gasteiger charge is -2.41. The molecule has 2 aliphatic rings. The Bertz CT molecular complexity index is 461. The van der Waals surface area contributed by atoms with E-state index in [2.05, 4.69) is 43.4 Å². The first-order chi connectivity index (χ1) is 10.1. The van der Waals surface area contributed by atoms with Crippen molar-refractivity contribution in [2.75, 3.05) is 7.11 Å². The molecule has 1 aromatic rings. The summed E-state index contributed by atoms with van der Waals surface area (Å²) in [6, 6.07) is 9.85. The lowest BCUT2D eigenvalue weighted by Crippen LogP contribution is -2.46. The van der Waals surface area contributed by atoms with Crippen molar-refractivity contribution in [3.05, 3.63) is 29.8 Å². The van der Waals surface area contributed by atoms with E-state index in [1.165, 1.54) is 44.1 Å². The van der Waals surface area contributed by atoms with Crippen molar-refractivity contribution in [3.8, 4) is 5.75 Å². The molecular formula is C19H29NO. The Labute approximate surface area is 129 Å². The minimum Gasteiger partial charge on any atom is -0.497 e. The summed E-state index contributed by atoms with van der Waals surface area (Å²) in [7, 11) is 1.73. The molecule has 0 bridgehead atoms. The molecule has 0 radical (unpaired) electrons. The highest BCUT2D eigenvalue weighted by atomic mass is 16.5. The Hall–Kier alpha value is -1.02. The van der Waals surface area contributed by atoms with Crippen molar-refractivity contribution in [1.29, 1.82) is 0 Å². The molecule has 0 spiro atoms. The number of hydrogen-bond acceptors (Lipinski definition) is 2. The molecule has 0 saturated heterocycles. The highest BCUT2D eigenvalue weighted by molar-refractivity contribution is 5.30. The van der Waals surface area contributed by atoms with Crippen LogP contribution >= 0.6 is 0 Å². The lowest BCUT2D eigenvalue weighted by atomic mass is 9.73. The molecule has 0 aliphatic heterocycles. The number of nitrogens with one attached hydrogen (secondary N) is 1. The predicted octanol–water partition coefficient (Wildman–Crippen LogP) is 4.70. The van der Waals surface area contributed by atoms with E-state index in [1.54, 1.807) is 7.11 Å². The van der Waals surface area contributed by atoms with Crippen LogP contribution in [-0.2, 0) is 0 Å². The molecule has 3 rings (SSSR count). The average molecular weight is 287 g/mol. The molecule has 2 saturated carbocycles. The number of benzene rings is 1. The van der Waals surface area contributed by atoms with Gasteiger partial charge >= 0.3 is 0 Å². The van der Waals surface area contributed by atoms with Gasteiger partial charge in [-0.05, 0) is 54.7 Å². The van der Waals surface area contributed by atoms with E-state index < -0.39 is 0 Å². The van der Waals surface area contributed by atoms with Crippen LogP contribution in [0.2, 0.25) is 0 Å². The minimum absolute atomic E-state index is 0.428. The van der Waals surface area contributed by atoms with Crippen molar-refractivity contribution < 1.29 is 4.74 Å². The van der Waals surface area contributed by atoms with Crippen molar-refractivity contribution in [1.82, 2.24) is 5.32 Å². The summed E-state index contributed by atoms with van der Waals surface area (Å²) in [6.07, 6.45) is 8.19. The van der Waals surface area contributed by atoms with Crippen LogP contribution in [0.15, 0.2) is 24.3 Å². The van der Waals surface area contributed by atoms with Gasteiger partial charge in [0, 0.05) is 12.1 Å². The van der Waals surface area contributed by atoms with E-state index in [0.29, 0.717) is 17.5 Å². The van der Waals surface area contributed by atoms with Gasteiger partial charge in [0.15, 0.2) is 0 Å². The Kier molecular flexibility index (Phi) is 4.26. The SMILES string of the molecule is COc1ccc(C(NC2CCCCC2(C)C)C2CC2)cc1. The van der Waals surface area contributed by atoms with Crippen LogP contribution < -0.4 is 10.1 Å². The van der Waals surface area contributed by atoms with Crippen LogP contribution in [0.1, 0.15) is 64.0 Å². The number of hydrogen-bond donors (Lipinski definition) is 1. The van der Waals surface area contributed by atoms with Gasteiger partial charge in [-0.15, -0.1) is 0 Å². The molecule has 2 nitrogen and oxygen atoms in total. The first-order valence-corrected chi connectivity index (χ1v) is 8.50. The van der Waals surface area contributed by atoms with Crippen LogP contribution in [0.5, 0.6) is 5.75 Å². The first kappa shape index (κ1) is 14.9. The average Bonchev–Trinajstić information content (AvgIpc) is 3.31. The highest BCUT2D eigenvalue weighted by Crippen LogP contribution is 2.44. The van der Waals surface area contributed by atoms with Crippen molar-refractivity contribution in [3.63, 3.8) is 0 Å². The molecular weight excluding hydrogens is 258 g/mol. The van der Waals surface area contributed by atoms with Crippen molar-refractivity contribution in [2.24, 2.45) is 11.3 Å². The topological polar surface area (TPSA) is 21.3 Å². The van der Waals surface area contributed by atoms with E-state index >= 15 is 0 Å². The summed E-state index contributed by atoms with van der Waals surface area (Å²) >= 11 is 0. The van der Waals surface area contributed by atoms with Crippen LogP contribution in [0.25, 0.3) is 0 Å². The molecule has 2 unspecified atom stereocenters. The molecule has 1 aromatic carbocycles. The summed E-state index contributed by atoms with van der Waals surface area (Å²) in [4.78, 5) is 0. The van der Waals surface area contributed by atoms with E-state index in [-0.39, 0.29) is 0 Å². The monoisotopic (exact) mass is 287 g/mol. The zero-order valence-corrected chi connectivity index (χ0v) is 13.7. The predicted molar refractivity (Wildman–Crippen MR) is 87.6 cm³/mol. The molecule has 2 atom stereocenters. The minimum atomic E-state index is 0.428. The molecule has 0 aromatic heterocycles. The van der Waals surface area contributed by atoms with Gasteiger partial charge in [0.1, 0.15) is 5.75 Å². The molecule has 2 fully saturated rings. The van der Waals surface area contributed by atoms with E-state index in [0.717, 1.165) is 11.7 Å². The maximum absolute atomic E-state index is 5.29. The van der Waals surface area contributed by atoms with Gasteiger partial charge in [-0.1, -0.05) is 38.8 Å². The highest BCUT2D eigenvalue weighted by Gasteiger charge is 2.38. The van der Waals surface area contributed by atoms with Gasteiger partial charge in [0.25, 0.3) is 0 Å². The summed E-state index contributed by atoms with van der Waals surface area (Å²) in [5.74, 6) is 1.78. The zero-order valence-electron chi connectivity index (χ0n) is 13.7. The summed E-state index contributed by atoms with van der Waals surface area (Å²) < 4.78 is 5.29. The fourth-order valence-electron chi connectivity index (χ4n) is 3.76.